The zero-order valence-electron chi connectivity index (χ0n) is 12.6. The van der Waals surface area contributed by atoms with Crippen molar-refractivity contribution in [2.45, 2.75) is 18.9 Å². The fourth-order valence-corrected chi connectivity index (χ4v) is 2.48. The van der Waals surface area contributed by atoms with Crippen LogP contribution in [0.3, 0.4) is 0 Å². The third kappa shape index (κ3) is 3.98. The summed E-state index contributed by atoms with van der Waals surface area (Å²) in [5, 5.41) is 5.96. The molecule has 0 radical (unpaired) electrons. The summed E-state index contributed by atoms with van der Waals surface area (Å²) in [6, 6.07) is 10.1. The second kappa shape index (κ2) is 7.11. The highest BCUT2D eigenvalue weighted by Crippen LogP contribution is 2.14. The van der Waals surface area contributed by atoms with Crippen molar-refractivity contribution in [3.63, 3.8) is 0 Å². The van der Waals surface area contributed by atoms with Crippen molar-refractivity contribution < 1.29 is 18.7 Å². The monoisotopic (exact) mass is 314 g/mol. The number of ether oxygens (including phenoxy) is 1. The smallest absolute Gasteiger partial charge is 0.338 e. The van der Waals surface area contributed by atoms with Crippen LogP contribution in [0.5, 0.6) is 0 Å². The SMILES string of the molecule is O=C(OC[C@@H]1CCCN1)c1cccc(NC(=O)c2ccco2)c1. The lowest BCUT2D eigenvalue weighted by atomic mass is 10.2. The predicted octanol–water partition coefficient (Wildman–Crippen LogP) is 2.44. The highest BCUT2D eigenvalue weighted by atomic mass is 16.5. The van der Waals surface area contributed by atoms with Gasteiger partial charge in [-0.05, 0) is 49.7 Å². The molecule has 0 bridgehead atoms. The van der Waals surface area contributed by atoms with E-state index >= 15 is 0 Å². The molecule has 0 aliphatic carbocycles. The van der Waals surface area contributed by atoms with Crippen LogP contribution in [0.15, 0.2) is 47.1 Å². The van der Waals surface area contributed by atoms with Crippen LogP contribution in [0.1, 0.15) is 33.8 Å². The first-order chi connectivity index (χ1) is 11.2. The summed E-state index contributed by atoms with van der Waals surface area (Å²) in [4.78, 5) is 24.0. The molecule has 1 aromatic carbocycles. The summed E-state index contributed by atoms with van der Waals surface area (Å²) in [7, 11) is 0. The molecule has 3 rings (SSSR count). The Morgan fingerprint density at radius 3 is 2.96 bits per heavy atom. The maximum Gasteiger partial charge on any atom is 0.338 e. The largest absolute Gasteiger partial charge is 0.460 e. The third-order valence-corrected chi connectivity index (χ3v) is 3.68. The molecule has 1 atom stereocenters. The number of furan rings is 1. The van der Waals surface area contributed by atoms with E-state index in [4.69, 9.17) is 9.15 Å². The Hall–Kier alpha value is -2.60. The van der Waals surface area contributed by atoms with Gasteiger partial charge in [0.1, 0.15) is 6.61 Å². The standard InChI is InChI=1S/C17H18N2O4/c20-16(15-7-3-9-22-15)19-13-5-1-4-12(10-13)17(21)23-11-14-6-2-8-18-14/h1,3-5,7,9-10,14,18H,2,6,8,11H2,(H,19,20)/t14-/m0/s1. The molecule has 1 saturated heterocycles. The van der Waals surface area contributed by atoms with E-state index in [-0.39, 0.29) is 17.7 Å². The highest BCUT2D eigenvalue weighted by Gasteiger charge is 2.17. The molecule has 1 fully saturated rings. The lowest BCUT2D eigenvalue weighted by molar-refractivity contribution is 0.0473. The van der Waals surface area contributed by atoms with E-state index in [2.05, 4.69) is 10.6 Å². The molecule has 1 aromatic heterocycles. The molecule has 6 heteroatoms. The van der Waals surface area contributed by atoms with E-state index in [1.165, 1.54) is 6.26 Å². The highest BCUT2D eigenvalue weighted by molar-refractivity contribution is 6.03. The molecule has 1 aliphatic rings. The van der Waals surface area contributed by atoms with Crippen LogP contribution in [0.4, 0.5) is 5.69 Å². The minimum Gasteiger partial charge on any atom is -0.460 e. The molecule has 6 nitrogen and oxygen atoms in total. The van der Waals surface area contributed by atoms with Crippen LogP contribution in [0, 0.1) is 0 Å². The second-order valence-electron chi connectivity index (χ2n) is 5.40. The van der Waals surface area contributed by atoms with Crippen molar-refractivity contribution in [3.8, 4) is 0 Å². The molecule has 120 valence electrons. The number of hydrogen-bond donors (Lipinski definition) is 2. The Morgan fingerprint density at radius 2 is 2.22 bits per heavy atom. The van der Waals surface area contributed by atoms with E-state index in [0.717, 1.165) is 19.4 Å². The maximum absolute atomic E-state index is 12.1. The minimum absolute atomic E-state index is 0.213. The Labute approximate surface area is 133 Å². The predicted molar refractivity (Wildman–Crippen MR) is 84.4 cm³/mol. The summed E-state index contributed by atoms with van der Waals surface area (Å²) in [6.45, 7) is 1.33. The molecular formula is C17H18N2O4. The number of rotatable bonds is 5. The van der Waals surface area contributed by atoms with Gasteiger partial charge in [0.2, 0.25) is 0 Å². The Bertz CT molecular complexity index is 676. The number of esters is 1. The zero-order valence-corrected chi connectivity index (χ0v) is 12.6. The van der Waals surface area contributed by atoms with Crippen molar-refractivity contribution >= 4 is 17.6 Å². The lowest BCUT2D eigenvalue weighted by Crippen LogP contribution is -2.28. The lowest BCUT2D eigenvalue weighted by Gasteiger charge is -2.11. The number of anilines is 1. The first-order valence-electron chi connectivity index (χ1n) is 7.58. The van der Waals surface area contributed by atoms with E-state index < -0.39 is 5.97 Å². The quantitative estimate of drug-likeness (QED) is 0.829. The van der Waals surface area contributed by atoms with Crippen LogP contribution in [0.2, 0.25) is 0 Å². The molecule has 0 saturated carbocycles. The molecule has 2 aromatic rings. The van der Waals surface area contributed by atoms with Crippen LogP contribution < -0.4 is 10.6 Å². The van der Waals surface area contributed by atoms with Crippen molar-refractivity contribution in [2.75, 3.05) is 18.5 Å². The molecule has 1 amide bonds. The Balaban J connectivity index is 1.60. The number of nitrogens with one attached hydrogen (secondary N) is 2. The summed E-state index contributed by atoms with van der Waals surface area (Å²) in [6.07, 6.45) is 3.56. The first-order valence-corrected chi connectivity index (χ1v) is 7.58. The second-order valence-corrected chi connectivity index (χ2v) is 5.40. The summed E-state index contributed by atoms with van der Waals surface area (Å²) in [5.74, 6) is -0.547. The number of carbonyl (C=O) groups excluding carboxylic acids is 2. The van der Waals surface area contributed by atoms with E-state index in [0.29, 0.717) is 17.9 Å². The molecule has 2 heterocycles. The molecule has 0 spiro atoms. The fourth-order valence-electron chi connectivity index (χ4n) is 2.48. The van der Waals surface area contributed by atoms with Crippen molar-refractivity contribution in [2.24, 2.45) is 0 Å². The summed E-state index contributed by atoms with van der Waals surface area (Å²) in [5.41, 5.74) is 0.917. The summed E-state index contributed by atoms with van der Waals surface area (Å²) < 4.78 is 10.3. The molecule has 0 unspecified atom stereocenters. The van der Waals surface area contributed by atoms with E-state index in [9.17, 15) is 9.59 Å². The maximum atomic E-state index is 12.1. The van der Waals surface area contributed by atoms with Crippen LogP contribution in [-0.4, -0.2) is 31.1 Å². The molecule has 2 N–H and O–H groups in total. The number of hydrogen-bond acceptors (Lipinski definition) is 5. The van der Waals surface area contributed by atoms with Crippen molar-refractivity contribution in [1.29, 1.82) is 0 Å². The van der Waals surface area contributed by atoms with Gasteiger partial charge < -0.3 is 19.8 Å². The van der Waals surface area contributed by atoms with Crippen molar-refractivity contribution in [1.82, 2.24) is 5.32 Å². The number of benzene rings is 1. The average molecular weight is 314 g/mol. The van der Waals surface area contributed by atoms with Gasteiger partial charge in [-0.2, -0.15) is 0 Å². The van der Waals surface area contributed by atoms with Crippen LogP contribution >= 0.6 is 0 Å². The number of amides is 1. The molecule has 1 aliphatic heterocycles. The van der Waals surface area contributed by atoms with Gasteiger partial charge in [-0.15, -0.1) is 0 Å². The van der Waals surface area contributed by atoms with Gasteiger partial charge in [0.15, 0.2) is 5.76 Å². The van der Waals surface area contributed by atoms with Gasteiger partial charge in [-0.1, -0.05) is 6.07 Å². The van der Waals surface area contributed by atoms with Crippen molar-refractivity contribution in [3.05, 3.63) is 54.0 Å². The minimum atomic E-state index is -0.396. The van der Waals surface area contributed by atoms with Crippen LogP contribution in [0.25, 0.3) is 0 Å². The molecule has 23 heavy (non-hydrogen) atoms. The fraction of sp³-hybridized carbons (Fsp3) is 0.294. The third-order valence-electron chi connectivity index (χ3n) is 3.68. The van der Waals surface area contributed by atoms with Gasteiger partial charge in [-0.3, -0.25) is 4.79 Å². The van der Waals surface area contributed by atoms with E-state index in [1.54, 1.807) is 36.4 Å². The number of carbonyl (C=O) groups is 2. The van der Waals surface area contributed by atoms with Gasteiger partial charge in [0.05, 0.1) is 11.8 Å². The first kappa shape index (κ1) is 15.3. The Kier molecular flexibility index (Phi) is 4.73. The molecular weight excluding hydrogens is 296 g/mol. The zero-order chi connectivity index (χ0) is 16.1. The van der Waals surface area contributed by atoms with Gasteiger partial charge >= 0.3 is 5.97 Å². The van der Waals surface area contributed by atoms with Gasteiger partial charge in [0.25, 0.3) is 5.91 Å². The Morgan fingerprint density at radius 1 is 1.30 bits per heavy atom. The average Bonchev–Trinajstić information content (AvgIpc) is 3.26. The summed E-state index contributed by atoms with van der Waals surface area (Å²) >= 11 is 0. The van der Waals surface area contributed by atoms with E-state index in [1.807, 2.05) is 0 Å². The van der Waals surface area contributed by atoms with Gasteiger partial charge in [0, 0.05) is 11.7 Å². The topological polar surface area (TPSA) is 80.6 Å². The normalized spacial score (nSPS) is 17.0. The van der Waals surface area contributed by atoms with Crippen LogP contribution in [-0.2, 0) is 4.74 Å². The van der Waals surface area contributed by atoms with Gasteiger partial charge in [-0.25, -0.2) is 4.79 Å².